The molecular formula is C19H18N2O7S2. The Labute approximate surface area is 173 Å². The van der Waals surface area contributed by atoms with Crippen LogP contribution in [0.15, 0.2) is 75.1 Å². The van der Waals surface area contributed by atoms with E-state index in [4.69, 9.17) is 13.9 Å². The van der Waals surface area contributed by atoms with Crippen molar-refractivity contribution < 1.29 is 30.7 Å². The zero-order valence-corrected chi connectivity index (χ0v) is 17.2. The molecule has 2 heterocycles. The van der Waals surface area contributed by atoms with Crippen LogP contribution in [0.1, 0.15) is 5.76 Å². The number of furan rings is 1. The minimum Gasteiger partial charge on any atom is -0.486 e. The molecule has 0 bridgehead atoms. The second kappa shape index (κ2) is 8.01. The number of rotatable bonds is 7. The number of benzene rings is 2. The fraction of sp³-hybridized carbons (Fsp3) is 0.158. The smallest absolute Gasteiger partial charge is 0.262 e. The predicted octanol–water partition coefficient (Wildman–Crippen LogP) is 2.33. The molecule has 158 valence electrons. The van der Waals surface area contributed by atoms with Crippen molar-refractivity contribution in [2.75, 3.05) is 17.9 Å². The Balaban J connectivity index is 1.53. The molecule has 0 fully saturated rings. The van der Waals surface area contributed by atoms with Crippen molar-refractivity contribution in [3.8, 4) is 11.5 Å². The molecule has 11 heteroatoms. The Morgan fingerprint density at radius 3 is 2.33 bits per heavy atom. The molecule has 0 atom stereocenters. The van der Waals surface area contributed by atoms with E-state index < -0.39 is 20.0 Å². The number of fused-ring (bicyclic) bond motifs is 1. The summed E-state index contributed by atoms with van der Waals surface area (Å²) in [6.07, 6.45) is 1.44. The average molecular weight is 450 g/mol. The van der Waals surface area contributed by atoms with E-state index in [0.29, 0.717) is 30.5 Å². The van der Waals surface area contributed by atoms with E-state index in [1.54, 1.807) is 12.1 Å². The molecule has 0 spiro atoms. The summed E-state index contributed by atoms with van der Waals surface area (Å²) in [7, 11) is -7.85. The van der Waals surface area contributed by atoms with Crippen LogP contribution in [-0.4, -0.2) is 30.0 Å². The van der Waals surface area contributed by atoms with E-state index in [-0.39, 0.29) is 22.0 Å². The molecular weight excluding hydrogens is 432 g/mol. The summed E-state index contributed by atoms with van der Waals surface area (Å²) >= 11 is 0. The van der Waals surface area contributed by atoms with Gasteiger partial charge in [0, 0.05) is 6.07 Å². The Morgan fingerprint density at radius 1 is 0.800 bits per heavy atom. The van der Waals surface area contributed by atoms with Crippen molar-refractivity contribution in [3.05, 3.63) is 66.6 Å². The third-order valence-electron chi connectivity index (χ3n) is 4.24. The molecule has 0 amide bonds. The molecule has 1 aliphatic rings. The molecule has 0 unspecified atom stereocenters. The quantitative estimate of drug-likeness (QED) is 0.566. The number of sulfonamides is 2. The van der Waals surface area contributed by atoms with Gasteiger partial charge in [-0.3, -0.25) is 4.72 Å². The molecule has 1 aromatic heterocycles. The number of ether oxygens (including phenoxy) is 2. The maximum Gasteiger partial charge on any atom is 0.262 e. The molecule has 1 aliphatic heterocycles. The minimum absolute atomic E-state index is 0.0253. The zero-order chi connectivity index (χ0) is 21.2. The number of nitrogens with one attached hydrogen (secondary N) is 2. The second-order valence-electron chi connectivity index (χ2n) is 6.34. The van der Waals surface area contributed by atoms with E-state index in [2.05, 4.69) is 9.44 Å². The van der Waals surface area contributed by atoms with Gasteiger partial charge in [0.2, 0.25) is 10.0 Å². The van der Waals surface area contributed by atoms with Gasteiger partial charge in [0.15, 0.2) is 11.5 Å². The maximum absolute atomic E-state index is 12.7. The van der Waals surface area contributed by atoms with Gasteiger partial charge >= 0.3 is 0 Å². The summed E-state index contributed by atoms with van der Waals surface area (Å²) in [5, 5.41) is 0. The summed E-state index contributed by atoms with van der Waals surface area (Å²) in [4.78, 5) is -0.118. The summed E-state index contributed by atoms with van der Waals surface area (Å²) in [5.41, 5.74) is 0.103. The Morgan fingerprint density at radius 2 is 1.57 bits per heavy atom. The SMILES string of the molecule is O=S(=O)(NCc1ccco1)c1cccc(NS(=O)(=O)c2ccc3c(c2)OCCO3)c1. The standard InChI is InChI=1S/C19H18N2O7S2/c22-29(23,20-13-15-4-2-8-26-15)16-5-1-3-14(11-16)21-30(24,25)17-6-7-18-19(12-17)28-10-9-27-18/h1-8,11-12,20-21H,9-10,13H2. The van der Waals surface area contributed by atoms with Crippen molar-refractivity contribution in [3.63, 3.8) is 0 Å². The fourth-order valence-corrected chi connectivity index (χ4v) is 4.90. The summed E-state index contributed by atoms with van der Waals surface area (Å²) in [6, 6.07) is 13.1. The van der Waals surface area contributed by atoms with Crippen LogP contribution in [0.2, 0.25) is 0 Å². The maximum atomic E-state index is 12.7. The van der Waals surface area contributed by atoms with Crippen molar-refractivity contribution in [2.24, 2.45) is 0 Å². The van der Waals surface area contributed by atoms with Gasteiger partial charge in [0.05, 0.1) is 28.3 Å². The third-order valence-corrected chi connectivity index (χ3v) is 7.01. The topological polar surface area (TPSA) is 124 Å². The number of hydrogen-bond acceptors (Lipinski definition) is 7. The van der Waals surface area contributed by atoms with Crippen LogP contribution < -0.4 is 18.9 Å². The van der Waals surface area contributed by atoms with E-state index in [1.165, 1.54) is 48.7 Å². The second-order valence-corrected chi connectivity index (χ2v) is 9.79. The van der Waals surface area contributed by atoms with Crippen molar-refractivity contribution in [1.29, 1.82) is 0 Å². The molecule has 30 heavy (non-hydrogen) atoms. The molecule has 0 saturated heterocycles. The van der Waals surface area contributed by atoms with E-state index in [0.717, 1.165) is 0 Å². The van der Waals surface area contributed by atoms with Gasteiger partial charge in [-0.2, -0.15) is 0 Å². The summed E-state index contributed by atoms with van der Waals surface area (Å²) in [6.45, 7) is 0.698. The van der Waals surface area contributed by atoms with Gasteiger partial charge < -0.3 is 13.9 Å². The highest BCUT2D eigenvalue weighted by atomic mass is 32.2. The molecule has 0 aliphatic carbocycles. The first-order chi connectivity index (χ1) is 14.3. The monoisotopic (exact) mass is 450 g/mol. The molecule has 2 N–H and O–H groups in total. The lowest BCUT2D eigenvalue weighted by molar-refractivity contribution is 0.171. The van der Waals surface area contributed by atoms with Crippen LogP contribution >= 0.6 is 0 Å². The normalized spacial score (nSPS) is 13.7. The lowest BCUT2D eigenvalue weighted by atomic mass is 10.3. The number of hydrogen-bond donors (Lipinski definition) is 2. The van der Waals surface area contributed by atoms with Crippen LogP contribution in [-0.2, 0) is 26.6 Å². The summed E-state index contributed by atoms with van der Waals surface area (Å²) < 4.78 is 71.2. The third kappa shape index (κ3) is 4.42. The van der Waals surface area contributed by atoms with Crippen LogP contribution in [0.3, 0.4) is 0 Å². The Hall–Kier alpha value is -3.02. The first-order valence-corrected chi connectivity index (χ1v) is 11.8. The number of anilines is 1. The van der Waals surface area contributed by atoms with Gasteiger partial charge in [-0.05, 0) is 42.5 Å². The van der Waals surface area contributed by atoms with Gasteiger partial charge in [-0.25, -0.2) is 21.6 Å². The largest absolute Gasteiger partial charge is 0.486 e. The Kier molecular flexibility index (Phi) is 5.41. The summed E-state index contributed by atoms with van der Waals surface area (Å²) in [5.74, 6) is 1.26. The molecule has 9 nitrogen and oxygen atoms in total. The molecule has 0 radical (unpaired) electrons. The minimum atomic E-state index is -3.97. The van der Waals surface area contributed by atoms with Crippen molar-refractivity contribution >= 4 is 25.7 Å². The van der Waals surface area contributed by atoms with Crippen molar-refractivity contribution in [1.82, 2.24) is 4.72 Å². The Bertz CT molecular complexity index is 1250. The van der Waals surface area contributed by atoms with E-state index >= 15 is 0 Å². The van der Waals surface area contributed by atoms with Gasteiger partial charge in [-0.15, -0.1) is 0 Å². The molecule has 3 aromatic rings. The highest BCUT2D eigenvalue weighted by Crippen LogP contribution is 2.32. The van der Waals surface area contributed by atoms with Gasteiger partial charge in [0.25, 0.3) is 10.0 Å². The molecule has 0 saturated carbocycles. The first kappa shape index (κ1) is 20.3. The first-order valence-electron chi connectivity index (χ1n) is 8.88. The van der Waals surface area contributed by atoms with Crippen LogP contribution in [0.4, 0.5) is 5.69 Å². The van der Waals surface area contributed by atoms with Gasteiger partial charge in [-0.1, -0.05) is 6.07 Å². The average Bonchev–Trinajstić information content (AvgIpc) is 3.26. The lowest BCUT2D eigenvalue weighted by Crippen LogP contribution is -2.23. The molecule has 4 rings (SSSR count). The van der Waals surface area contributed by atoms with E-state index in [9.17, 15) is 16.8 Å². The van der Waals surface area contributed by atoms with Crippen molar-refractivity contribution in [2.45, 2.75) is 16.3 Å². The highest BCUT2D eigenvalue weighted by molar-refractivity contribution is 7.92. The fourth-order valence-electron chi connectivity index (χ4n) is 2.79. The van der Waals surface area contributed by atoms with E-state index in [1.807, 2.05) is 0 Å². The lowest BCUT2D eigenvalue weighted by Gasteiger charge is -2.19. The van der Waals surface area contributed by atoms with Crippen LogP contribution in [0, 0.1) is 0 Å². The van der Waals surface area contributed by atoms with Crippen LogP contribution in [0.5, 0.6) is 11.5 Å². The molecule has 2 aromatic carbocycles. The zero-order valence-electron chi connectivity index (χ0n) is 15.6. The predicted molar refractivity (Wildman–Crippen MR) is 107 cm³/mol. The van der Waals surface area contributed by atoms with Gasteiger partial charge in [0.1, 0.15) is 19.0 Å². The highest BCUT2D eigenvalue weighted by Gasteiger charge is 2.21. The van der Waals surface area contributed by atoms with Crippen LogP contribution in [0.25, 0.3) is 0 Å².